The molecule has 0 bridgehead atoms. The second kappa shape index (κ2) is 7.75. The Hall–Kier alpha value is -2.66. The number of hydrogen-bond donors (Lipinski definition) is 0. The number of thioether (sulfide) groups is 1. The summed E-state index contributed by atoms with van der Waals surface area (Å²) in [4.78, 5) is 12.1. The molecule has 24 heavy (non-hydrogen) atoms. The topological polar surface area (TPSA) is 52.1 Å². The van der Waals surface area contributed by atoms with Gasteiger partial charge in [0.1, 0.15) is 10.8 Å². The van der Waals surface area contributed by atoms with Crippen LogP contribution in [0.3, 0.4) is 0 Å². The van der Waals surface area contributed by atoms with Gasteiger partial charge in [-0.1, -0.05) is 54.2 Å². The molecule has 0 N–H and O–H groups in total. The van der Waals surface area contributed by atoms with Gasteiger partial charge in [-0.2, -0.15) is 0 Å². The Morgan fingerprint density at radius 3 is 2.42 bits per heavy atom. The smallest absolute Gasteiger partial charge is 0.173 e. The molecule has 0 aliphatic carbocycles. The predicted molar refractivity (Wildman–Crippen MR) is 95.5 cm³/mol. The molecule has 120 valence electrons. The number of ether oxygens (including phenoxy) is 1. The standard InChI is InChI=1S/C19H16N2O2S/c1-23-18-10-6-5-9-15(18)16-11-12-19(21-20-16)24-13-17(22)14-7-3-2-4-8-14/h2-12H,13H2,1H3. The molecule has 3 rings (SSSR count). The van der Waals surface area contributed by atoms with Crippen molar-refractivity contribution in [1.82, 2.24) is 10.2 Å². The number of Topliss-reactive ketones (excluding diaryl/α,β-unsaturated/α-hetero) is 1. The fourth-order valence-corrected chi connectivity index (χ4v) is 2.95. The summed E-state index contributed by atoms with van der Waals surface area (Å²) in [5.41, 5.74) is 2.35. The number of para-hydroxylation sites is 1. The molecule has 0 saturated carbocycles. The number of ketones is 1. The Bertz CT molecular complexity index is 820. The van der Waals surface area contributed by atoms with Gasteiger partial charge in [0, 0.05) is 11.1 Å². The molecule has 0 atom stereocenters. The summed E-state index contributed by atoms with van der Waals surface area (Å²) in [6.45, 7) is 0. The van der Waals surface area contributed by atoms with E-state index in [1.165, 1.54) is 11.8 Å². The molecular weight excluding hydrogens is 320 g/mol. The number of carbonyl (C=O) groups is 1. The maximum atomic E-state index is 12.1. The van der Waals surface area contributed by atoms with E-state index < -0.39 is 0 Å². The minimum atomic E-state index is 0.0798. The van der Waals surface area contributed by atoms with Crippen LogP contribution in [0.15, 0.2) is 71.8 Å². The van der Waals surface area contributed by atoms with E-state index in [-0.39, 0.29) is 5.78 Å². The molecule has 2 aromatic carbocycles. The highest BCUT2D eigenvalue weighted by Crippen LogP contribution is 2.28. The van der Waals surface area contributed by atoms with Gasteiger partial charge in [-0.25, -0.2) is 0 Å². The van der Waals surface area contributed by atoms with Crippen LogP contribution in [0.25, 0.3) is 11.3 Å². The molecule has 5 heteroatoms. The van der Waals surface area contributed by atoms with Gasteiger partial charge in [0.25, 0.3) is 0 Å². The summed E-state index contributed by atoms with van der Waals surface area (Å²) >= 11 is 1.38. The zero-order chi connectivity index (χ0) is 16.8. The number of rotatable bonds is 6. The highest BCUT2D eigenvalue weighted by molar-refractivity contribution is 7.99. The van der Waals surface area contributed by atoms with Gasteiger partial charge in [-0.05, 0) is 24.3 Å². The molecular formula is C19H16N2O2S. The Morgan fingerprint density at radius 2 is 1.71 bits per heavy atom. The van der Waals surface area contributed by atoms with Crippen LogP contribution in [0.1, 0.15) is 10.4 Å². The molecule has 3 aromatic rings. The van der Waals surface area contributed by atoms with Crippen LogP contribution >= 0.6 is 11.8 Å². The average molecular weight is 336 g/mol. The highest BCUT2D eigenvalue weighted by atomic mass is 32.2. The van der Waals surface area contributed by atoms with Gasteiger partial charge in [-0.15, -0.1) is 10.2 Å². The van der Waals surface area contributed by atoms with Crippen LogP contribution in [-0.2, 0) is 0 Å². The molecule has 0 unspecified atom stereocenters. The molecule has 4 nitrogen and oxygen atoms in total. The van der Waals surface area contributed by atoms with Crippen molar-refractivity contribution in [2.24, 2.45) is 0 Å². The summed E-state index contributed by atoms with van der Waals surface area (Å²) in [6.07, 6.45) is 0. The highest BCUT2D eigenvalue weighted by Gasteiger charge is 2.09. The first-order valence-corrected chi connectivity index (χ1v) is 8.44. The second-order valence-corrected chi connectivity index (χ2v) is 6.03. The van der Waals surface area contributed by atoms with E-state index in [4.69, 9.17) is 4.74 Å². The van der Waals surface area contributed by atoms with E-state index >= 15 is 0 Å². The summed E-state index contributed by atoms with van der Waals surface area (Å²) in [6, 6.07) is 20.7. The molecule has 0 fully saturated rings. The van der Waals surface area contributed by atoms with Crippen LogP contribution < -0.4 is 4.74 Å². The Labute approximate surface area is 144 Å². The minimum absolute atomic E-state index is 0.0798. The largest absolute Gasteiger partial charge is 0.496 e. The van der Waals surface area contributed by atoms with Crippen LogP contribution in [0.5, 0.6) is 5.75 Å². The van der Waals surface area contributed by atoms with Crippen molar-refractivity contribution in [2.45, 2.75) is 5.03 Å². The molecule has 0 aliphatic heterocycles. The third kappa shape index (κ3) is 3.81. The zero-order valence-corrected chi connectivity index (χ0v) is 14.0. The van der Waals surface area contributed by atoms with Gasteiger partial charge in [0.05, 0.1) is 18.6 Å². The van der Waals surface area contributed by atoms with Gasteiger partial charge in [0.15, 0.2) is 5.78 Å². The number of nitrogens with zero attached hydrogens (tertiary/aromatic N) is 2. The van der Waals surface area contributed by atoms with Crippen LogP contribution in [0.4, 0.5) is 0 Å². The molecule has 0 spiro atoms. The lowest BCUT2D eigenvalue weighted by molar-refractivity contribution is 0.102. The summed E-state index contributed by atoms with van der Waals surface area (Å²) < 4.78 is 5.34. The first-order chi connectivity index (χ1) is 11.8. The maximum absolute atomic E-state index is 12.1. The van der Waals surface area contributed by atoms with Crippen molar-refractivity contribution in [3.8, 4) is 17.0 Å². The fraction of sp³-hybridized carbons (Fsp3) is 0.105. The van der Waals surface area contributed by atoms with Crippen molar-refractivity contribution < 1.29 is 9.53 Å². The van der Waals surface area contributed by atoms with E-state index in [9.17, 15) is 4.79 Å². The molecule has 0 saturated heterocycles. The number of aromatic nitrogens is 2. The summed E-state index contributed by atoms with van der Waals surface area (Å²) in [7, 11) is 1.63. The monoisotopic (exact) mass is 336 g/mol. The third-order valence-electron chi connectivity index (χ3n) is 3.47. The van der Waals surface area contributed by atoms with Gasteiger partial charge < -0.3 is 4.74 Å². The van der Waals surface area contributed by atoms with Crippen LogP contribution in [-0.4, -0.2) is 28.8 Å². The Morgan fingerprint density at radius 1 is 0.958 bits per heavy atom. The first kappa shape index (κ1) is 16.2. The molecule has 0 amide bonds. The van der Waals surface area contributed by atoms with E-state index in [1.807, 2.05) is 66.7 Å². The number of hydrogen-bond acceptors (Lipinski definition) is 5. The summed E-state index contributed by atoms with van der Waals surface area (Å²) in [5.74, 6) is 1.18. The average Bonchev–Trinajstić information content (AvgIpc) is 2.67. The van der Waals surface area contributed by atoms with Gasteiger partial charge in [0.2, 0.25) is 0 Å². The van der Waals surface area contributed by atoms with Gasteiger partial charge >= 0.3 is 0 Å². The quantitative estimate of drug-likeness (QED) is 0.500. The van der Waals surface area contributed by atoms with Crippen molar-refractivity contribution in [3.05, 3.63) is 72.3 Å². The number of carbonyl (C=O) groups excluding carboxylic acids is 1. The predicted octanol–water partition coefficient (Wildman–Crippen LogP) is 4.13. The third-order valence-corrected chi connectivity index (χ3v) is 4.39. The lowest BCUT2D eigenvalue weighted by Crippen LogP contribution is -2.02. The Balaban J connectivity index is 1.68. The van der Waals surface area contributed by atoms with E-state index in [1.54, 1.807) is 7.11 Å². The van der Waals surface area contributed by atoms with E-state index in [0.717, 1.165) is 22.0 Å². The van der Waals surface area contributed by atoms with Crippen molar-refractivity contribution >= 4 is 17.5 Å². The van der Waals surface area contributed by atoms with Crippen molar-refractivity contribution in [3.63, 3.8) is 0 Å². The maximum Gasteiger partial charge on any atom is 0.173 e. The second-order valence-electron chi connectivity index (χ2n) is 5.03. The van der Waals surface area contributed by atoms with E-state index in [2.05, 4.69) is 10.2 Å². The normalized spacial score (nSPS) is 10.4. The van der Waals surface area contributed by atoms with E-state index in [0.29, 0.717) is 11.3 Å². The molecule has 1 aromatic heterocycles. The van der Waals surface area contributed by atoms with Gasteiger partial charge in [-0.3, -0.25) is 4.79 Å². The fourth-order valence-electron chi connectivity index (χ4n) is 2.24. The van der Waals surface area contributed by atoms with Crippen LogP contribution in [0, 0.1) is 0 Å². The SMILES string of the molecule is COc1ccccc1-c1ccc(SCC(=O)c2ccccc2)nn1. The zero-order valence-electron chi connectivity index (χ0n) is 13.2. The summed E-state index contributed by atoms with van der Waals surface area (Å²) in [5, 5.41) is 9.17. The molecule has 0 aliphatic rings. The lowest BCUT2D eigenvalue weighted by atomic mass is 10.1. The minimum Gasteiger partial charge on any atom is -0.496 e. The van der Waals surface area contributed by atoms with Crippen LogP contribution in [0.2, 0.25) is 0 Å². The first-order valence-electron chi connectivity index (χ1n) is 7.46. The number of methoxy groups -OCH3 is 1. The lowest BCUT2D eigenvalue weighted by Gasteiger charge is -2.07. The molecule has 0 radical (unpaired) electrons. The van der Waals surface area contributed by atoms with Crippen molar-refractivity contribution in [2.75, 3.05) is 12.9 Å². The Kier molecular flexibility index (Phi) is 5.23. The molecule has 1 heterocycles. The van der Waals surface area contributed by atoms with Crippen molar-refractivity contribution in [1.29, 1.82) is 0 Å². The number of benzene rings is 2.